The van der Waals surface area contributed by atoms with E-state index in [0.717, 1.165) is 5.56 Å². The Kier molecular flexibility index (Phi) is 2.06. The molecule has 5 N–H and O–H groups in total. The number of benzene rings is 1. The molecule has 7 heteroatoms. The fourth-order valence-corrected chi connectivity index (χ4v) is 1.78. The van der Waals surface area contributed by atoms with Gasteiger partial charge in [0.05, 0.1) is 0 Å². The van der Waals surface area contributed by atoms with Gasteiger partial charge in [0, 0.05) is 17.3 Å². The summed E-state index contributed by atoms with van der Waals surface area (Å²) in [6.45, 7) is 0. The van der Waals surface area contributed by atoms with Crippen LogP contribution in [0.5, 0.6) is 0 Å². The normalized spacial score (nSPS) is 10.9. The van der Waals surface area contributed by atoms with Crippen molar-refractivity contribution in [2.75, 3.05) is 5.73 Å². The summed E-state index contributed by atoms with van der Waals surface area (Å²) >= 11 is 0. The molecule has 90 valence electrons. The van der Waals surface area contributed by atoms with Gasteiger partial charge in [-0.15, -0.1) is 10.2 Å². The second-order valence-electron chi connectivity index (χ2n) is 3.84. The number of rotatable bonds is 2. The summed E-state index contributed by atoms with van der Waals surface area (Å²) in [5.41, 5.74) is 13.2. The molecule has 1 aromatic carbocycles. The zero-order valence-electron chi connectivity index (χ0n) is 9.29. The van der Waals surface area contributed by atoms with E-state index in [0.29, 0.717) is 17.2 Å². The number of carbonyl (C=O) groups is 1. The highest BCUT2D eigenvalue weighted by Crippen LogP contribution is 2.24. The number of nitrogen functional groups attached to an aromatic ring is 1. The Morgan fingerprint density at radius 2 is 2.06 bits per heavy atom. The third-order valence-electron chi connectivity index (χ3n) is 2.66. The van der Waals surface area contributed by atoms with Crippen LogP contribution < -0.4 is 11.5 Å². The van der Waals surface area contributed by atoms with E-state index >= 15 is 0 Å². The molecule has 0 unspecified atom stereocenters. The summed E-state index contributed by atoms with van der Waals surface area (Å²) in [7, 11) is 0. The van der Waals surface area contributed by atoms with E-state index in [1.54, 1.807) is 10.6 Å². The Bertz CT molecular complexity index is 741. The van der Waals surface area contributed by atoms with Gasteiger partial charge in [0.15, 0.2) is 11.5 Å². The number of nitrogens with zero attached hydrogens (tertiary/aromatic N) is 3. The number of carbonyl (C=O) groups excluding carboxylic acids is 1. The number of primary amides is 1. The van der Waals surface area contributed by atoms with E-state index in [9.17, 15) is 4.79 Å². The van der Waals surface area contributed by atoms with Crippen LogP contribution >= 0.6 is 0 Å². The fourth-order valence-electron chi connectivity index (χ4n) is 1.78. The maximum atomic E-state index is 11.1. The van der Waals surface area contributed by atoms with Crippen LogP contribution in [-0.2, 0) is 0 Å². The van der Waals surface area contributed by atoms with Crippen LogP contribution in [0, 0.1) is 0 Å². The number of fused-ring (bicyclic) bond motifs is 1. The highest BCUT2D eigenvalue weighted by molar-refractivity contribution is 5.92. The van der Waals surface area contributed by atoms with E-state index in [-0.39, 0.29) is 5.69 Å². The number of anilines is 1. The van der Waals surface area contributed by atoms with Crippen LogP contribution in [0.1, 0.15) is 10.5 Å². The summed E-state index contributed by atoms with van der Waals surface area (Å²) in [6, 6.07) is 8.83. The Hall–Kier alpha value is -2.83. The van der Waals surface area contributed by atoms with Gasteiger partial charge in [0.2, 0.25) is 0 Å². The molecule has 3 aromatic rings. The van der Waals surface area contributed by atoms with Crippen LogP contribution in [0.2, 0.25) is 0 Å². The number of hydrogen-bond acceptors (Lipinski definition) is 4. The summed E-state index contributed by atoms with van der Waals surface area (Å²) in [5.74, 6) is -0.0110. The number of hydrogen-bond donors (Lipinski definition) is 3. The first-order valence-electron chi connectivity index (χ1n) is 5.25. The number of amides is 1. The molecule has 0 aliphatic rings. The van der Waals surface area contributed by atoms with E-state index in [1.807, 2.05) is 18.2 Å². The van der Waals surface area contributed by atoms with E-state index in [2.05, 4.69) is 15.3 Å². The average Bonchev–Trinajstić information content (AvgIpc) is 2.89. The monoisotopic (exact) mass is 242 g/mol. The van der Waals surface area contributed by atoms with Gasteiger partial charge in [-0.2, -0.15) is 0 Å². The van der Waals surface area contributed by atoms with Crippen molar-refractivity contribution in [3.05, 3.63) is 36.0 Å². The van der Waals surface area contributed by atoms with E-state index in [1.165, 1.54) is 6.07 Å². The number of para-hydroxylation sites is 1. The molecule has 0 radical (unpaired) electrons. The van der Waals surface area contributed by atoms with Crippen molar-refractivity contribution in [1.29, 1.82) is 0 Å². The quantitative estimate of drug-likeness (QED) is 0.564. The van der Waals surface area contributed by atoms with Gasteiger partial charge in [0.1, 0.15) is 5.69 Å². The van der Waals surface area contributed by atoms with Crippen molar-refractivity contribution in [3.8, 4) is 11.4 Å². The van der Waals surface area contributed by atoms with Gasteiger partial charge in [-0.05, 0) is 12.1 Å². The molecule has 0 bridgehead atoms. The number of nitrogens with one attached hydrogen (secondary N) is 1. The molecule has 0 atom stereocenters. The smallest absolute Gasteiger partial charge is 0.266 e. The highest BCUT2D eigenvalue weighted by Gasteiger charge is 2.14. The Morgan fingerprint density at radius 3 is 2.78 bits per heavy atom. The minimum atomic E-state index is -0.549. The lowest BCUT2D eigenvalue weighted by molar-refractivity contribution is 0.0995. The number of H-pyrrole nitrogens is 1. The zero-order valence-corrected chi connectivity index (χ0v) is 9.29. The van der Waals surface area contributed by atoms with Crippen molar-refractivity contribution in [2.24, 2.45) is 5.73 Å². The van der Waals surface area contributed by atoms with Crippen LogP contribution in [0.25, 0.3) is 17.0 Å². The maximum Gasteiger partial charge on any atom is 0.266 e. The SMILES string of the molecule is NC(=O)c1cc2nnc(-c3ccccc3N)n2[nH]1. The summed E-state index contributed by atoms with van der Waals surface area (Å²) < 4.78 is 1.58. The van der Waals surface area contributed by atoms with Crippen molar-refractivity contribution < 1.29 is 4.79 Å². The molecule has 0 saturated carbocycles. The first-order valence-corrected chi connectivity index (χ1v) is 5.25. The van der Waals surface area contributed by atoms with Crippen LogP contribution in [0.4, 0.5) is 5.69 Å². The van der Waals surface area contributed by atoms with Crippen LogP contribution in [-0.4, -0.2) is 25.7 Å². The molecular formula is C11H10N6O. The topological polar surface area (TPSA) is 115 Å². The number of nitrogens with two attached hydrogens (primary N) is 2. The molecule has 0 spiro atoms. The first-order chi connectivity index (χ1) is 8.66. The van der Waals surface area contributed by atoms with Crippen molar-refractivity contribution >= 4 is 17.2 Å². The van der Waals surface area contributed by atoms with Gasteiger partial charge in [0.25, 0.3) is 5.91 Å². The van der Waals surface area contributed by atoms with Gasteiger partial charge in [-0.3, -0.25) is 9.89 Å². The molecule has 0 aliphatic carbocycles. The predicted molar refractivity (Wildman–Crippen MR) is 65.7 cm³/mol. The molecule has 18 heavy (non-hydrogen) atoms. The van der Waals surface area contributed by atoms with Crippen molar-refractivity contribution in [3.63, 3.8) is 0 Å². The third kappa shape index (κ3) is 1.41. The molecule has 3 rings (SSSR count). The van der Waals surface area contributed by atoms with Gasteiger partial charge >= 0.3 is 0 Å². The van der Waals surface area contributed by atoms with E-state index < -0.39 is 5.91 Å². The molecule has 1 amide bonds. The largest absolute Gasteiger partial charge is 0.398 e. The molecule has 2 heterocycles. The average molecular weight is 242 g/mol. The first kappa shape index (κ1) is 10.3. The van der Waals surface area contributed by atoms with Crippen molar-refractivity contribution in [1.82, 2.24) is 19.8 Å². The second-order valence-corrected chi connectivity index (χ2v) is 3.84. The minimum Gasteiger partial charge on any atom is -0.398 e. The molecule has 0 aliphatic heterocycles. The lowest BCUT2D eigenvalue weighted by Gasteiger charge is -2.01. The van der Waals surface area contributed by atoms with Gasteiger partial charge in [-0.1, -0.05) is 12.1 Å². The summed E-state index contributed by atoms with van der Waals surface area (Å²) in [6.07, 6.45) is 0. The molecule has 0 saturated heterocycles. The van der Waals surface area contributed by atoms with Gasteiger partial charge < -0.3 is 11.5 Å². The van der Waals surface area contributed by atoms with Crippen LogP contribution in [0.15, 0.2) is 30.3 Å². The minimum absolute atomic E-state index is 0.274. The lowest BCUT2D eigenvalue weighted by atomic mass is 10.2. The number of aromatic nitrogens is 4. The maximum absolute atomic E-state index is 11.1. The summed E-state index contributed by atoms with van der Waals surface area (Å²) in [5, 5.41) is 10.8. The fraction of sp³-hybridized carbons (Fsp3) is 0. The predicted octanol–water partition coefficient (Wildman–Crippen LogP) is 0.405. The summed E-state index contributed by atoms with van der Waals surface area (Å²) in [4.78, 5) is 11.1. The Labute approximate surface area is 101 Å². The Morgan fingerprint density at radius 1 is 1.28 bits per heavy atom. The molecule has 2 aromatic heterocycles. The lowest BCUT2D eigenvalue weighted by Crippen LogP contribution is -2.11. The third-order valence-corrected chi connectivity index (χ3v) is 2.66. The zero-order chi connectivity index (χ0) is 12.7. The van der Waals surface area contributed by atoms with E-state index in [4.69, 9.17) is 11.5 Å². The Balaban J connectivity index is 2.24. The highest BCUT2D eigenvalue weighted by atomic mass is 16.1. The number of aromatic amines is 1. The van der Waals surface area contributed by atoms with Crippen LogP contribution in [0.3, 0.4) is 0 Å². The standard InChI is InChI=1S/C11H10N6O/c12-7-4-2-1-3-6(7)11-15-14-9-5-8(10(13)18)16-17(9)11/h1-5,16H,12H2,(H2,13,18). The molecular weight excluding hydrogens is 232 g/mol. The molecule has 0 fully saturated rings. The van der Waals surface area contributed by atoms with Gasteiger partial charge in [-0.25, -0.2) is 4.52 Å². The molecule has 7 nitrogen and oxygen atoms in total. The second kappa shape index (κ2) is 3.59. The van der Waals surface area contributed by atoms with Crippen molar-refractivity contribution in [2.45, 2.75) is 0 Å².